The van der Waals surface area contributed by atoms with Crippen LogP contribution in [0.3, 0.4) is 0 Å². The predicted octanol–water partition coefficient (Wildman–Crippen LogP) is 6.11. The Balaban J connectivity index is 1.19. The second-order valence-corrected chi connectivity index (χ2v) is 10.6. The molecule has 0 fully saturated rings. The maximum Gasteiger partial charge on any atom is 0.233 e. The van der Waals surface area contributed by atoms with E-state index in [1.165, 1.54) is 0 Å². The molecule has 0 aliphatic carbocycles. The summed E-state index contributed by atoms with van der Waals surface area (Å²) in [5, 5.41) is 7.40. The van der Waals surface area contributed by atoms with Crippen LogP contribution in [0.1, 0.15) is 0 Å². The number of para-hydroxylation sites is 2. The highest BCUT2D eigenvalue weighted by atomic mass is 35.5. The molecule has 6 rings (SSSR count). The topological polar surface area (TPSA) is 122 Å². The van der Waals surface area contributed by atoms with Crippen molar-refractivity contribution in [1.29, 1.82) is 0 Å². The summed E-state index contributed by atoms with van der Waals surface area (Å²) in [6.45, 7) is 3.55. The van der Waals surface area contributed by atoms with Crippen molar-refractivity contribution >= 4 is 56.4 Å². The third-order valence-corrected chi connectivity index (χ3v) is 7.46. The summed E-state index contributed by atoms with van der Waals surface area (Å²) in [7, 11) is 0. The largest absolute Gasteiger partial charge is 0.487 e. The van der Waals surface area contributed by atoms with Crippen LogP contribution in [0, 0.1) is 0 Å². The fourth-order valence-corrected chi connectivity index (χ4v) is 5.42. The number of anilines is 4. The smallest absolute Gasteiger partial charge is 0.233 e. The molecule has 0 bridgehead atoms. The van der Waals surface area contributed by atoms with Crippen molar-refractivity contribution in [3.05, 3.63) is 72.0 Å². The lowest BCUT2D eigenvalue weighted by Crippen LogP contribution is -2.13. The number of hydrogen-bond donors (Lipinski definition) is 2. The zero-order valence-corrected chi connectivity index (χ0v) is 24.7. The Bertz CT molecular complexity index is 1640. The number of benzene rings is 3. The summed E-state index contributed by atoms with van der Waals surface area (Å²) in [6.07, 6.45) is 0. The molecule has 0 radical (unpaired) electrons. The third kappa shape index (κ3) is 7.86. The molecule has 3 heterocycles. The van der Waals surface area contributed by atoms with Crippen LogP contribution in [0.25, 0.3) is 20.8 Å². The molecule has 0 saturated carbocycles. The summed E-state index contributed by atoms with van der Waals surface area (Å²) in [5.41, 5.74) is 3.34. The molecule has 3 aromatic carbocycles. The van der Waals surface area contributed by atoms with Crippen LogP contribution in [0.2, 0.25) is 5.28 Å². The minimum absolute atomic E-state index is 0.0346. The summed E-state index contributed by atoms with van der Waals surface area (Å²) in [6, 6.07) is 21.4. The number of nitrogens with one attached hydrogen (secondary N) is 2. The zero-order valence-electron chi connectivity index (χ0n) is 23.1. The SMILES string of the molecule is Clc1nc(Nc2ccc3c(c2)OCCOCCOCCOCCO3)nc(Nc2ccccc2-c2nc3ccccc3s2)n1. The molecular formula is C30H29ClN6O5S. The first-order chi connectivity index (χ1) is 21.2. The molecule has 1 aliphatic heterocycles. The lowest BCUT2D eigenvalue weighted by Gasteiger charge is -2.15. The average Bonchev–Trinajstić information content (AvgIpc) is 3.44. The van der Waals surface area contributed by atoms with E-state index in [-0.39, 0.29) is 17.2 Å². The molecular weight excluding hydrogens is 592 g/mol. The van der Waals surface area contributed by atoms with Gasteiger partial charge in [0.15, 0.2) is 11.5 Å². The second-order valence-electron chi connectivity index (χ2n) is 9.23. The van der Waals surface area contributed by atoms with Crippen LogP contribution in [0.5, 0.6) is 11.5 Å². The molecule has 0 atom stereocenters. The molecule has 43 heavy (non-hydrogen) atoms. The molecule has 5 aromatic rings. The summed E-state index contributed by atoms with van der Waals surface area (Å²) in [4.78, 5) is 17.9. The Morgan fingerprint density at radius 3 is 2.05 bits per heavy atom. The van der Waals surface area contributed by atoms with Gasteiger partial charge in [-0.1, -0.05) is 24.3 Å². The van der Waals surface area contributed by atoms with Gasteiger partial charge in [0.05, 0.1) is 55.5 Å². The lowest BCUT2D eigenvalue weighted by molar-refractivity contribution is 0.00708. The van der Waals surface area contributed by atoms with Gasteiger partial charge in [0.25, 0.3) is 0 Å². The standard InChI is InChI=1S/C30H29ClN6O5S/c31-28-35-29(32-20-9-10-24-25(19-20)42-18-16-40-14-12-38-11-13-39-15-17-41-24)37-30(36-28)34-22-6-2-1-5-21(22)27-33-23-7-3-4-8-26(23)43-27/h1-10,19H,11-18H2,(H2,32,34,35,36,37). The first-order valence-corrected chi connectivity index (χ1v) is 14.9. The Labute approximate surface area is 257 Å². The molecule has 0 amide bonds. The van der Waals surface area contributed by atoms with Gasteiger partial charge in [-0.25, -0.2) is 4.98 Å². The van der Waals surface area contributed by atoms with Crippen LogP contribution in [-0.4, -0.2) is 72.8 Å². The van der Waals surface area contributed by atoms with E-state index in [0.29, 0.717) is 70.0 Å². The van der Waals surface area contributed by atoms with Crippen molar-refractivity contribution in [1.82, 2.24) is 19.9 Å². The molecule has 222 valence electrons. The van der Waals surface area contributed by atoms with E-state index in [2.05, 4.69) is 31.7 Å². The highest BCUT2D eigenvalue weighted by Crippen LogP contribution is 2.36. The molecule has 2 N–H and O–H groups in total. The van der Waals surface area contributed by atoms with Gasteiger partial charge in [-0.3, -0.25) is 0 Å². The van der Waals surface area contributed by atoms with E-state index in [4.69, 9.17) is 40.3 Å². The molecule has 0 unspecified atom stereocenters. The van der Waals surface area contributed by atoms with Gasteiger partial charge < -0.3 is 34.3 Å². The van der Waals surface area contributed by atoms with E-state index in [1.54, 1.807) is 11.3 Å². The molecule has 1 aliphatic rings. The Morgan fingerprint density at radius 2 is 1.28 bits per heavy atom. The maximum atomic E-state index is 6.31. The maximum absolute atomic E-state index is 6.31. The number of halogens is 1. The zero-order chi connectivity index (χ0) is 29.3. The fourth-order valence-electron chi connectivity index (χ4n) is 4.26. The number of ether oxygens (including phenoxy) is 5. The Kier molecular flexibility index (Phi) is 9.72. The highest BCUT2D eigenvalue weighted by molar-refractivity contribution is 7.21. The van der Waals surface area contributed by atoms with Crippen molar-refractivity contribution < 1.29 is 23.7 Å². The molecule has 0 saturated heterocycles. The van der Waals surface area contributed by atoms with Crippen molar-refractivity contribution in [3.8, 4) is 22.1 Å². The first kappa shape index (κ1) is 29.0. The first-order valence-electron chi connectivity index (χ1n) is 13.7. The monoisotopic (exact) mass is 620 g/mol. The molecule has 11 nitrogen and oxygen atoms in total. The van der Waals surface area contributed by atoms with Gasteiger partial charge in [0, 0.05) is 17.3 Å². The summed E-state index contributed by atoms with van der Waals surface area (Å²) in [5.74, 6) is 1.67. The van der Waals surface area contributed by atoms with Crippen molar-refractivity contribution in [2.45, 2.75) is 0 Å². The molecule has 0 spiro atoms. The minimum Gasteiger partial charge on any atom is -0.487 e. The van der Waals surface area contributed by atoms with Gasteiger partial charge in [0.2, 0.25) is 17.2 Å². The second kappa shape index (κ2) is 14.4. The Hall–Kier alpha value is -4.07. The quantitative estimate of drug-likeness (QED) is 0.237. The van der Waals surface area contributed by atoms with Gasteiger partial charge in [0.1, 0.15) is 18.2 Å². The highest BCUT2D eigenvalue weighted by Gasteiger charge is 2.14. The van der Waals surface area contributed by atoms with Gasteiger partial charge in [-0.2, -0.15) is 15.0 Å². The van der Waals surface area contributed by atoms with Crippen molar-refractivity contribution in [3.63, 3.8) is 0 Å². The number of fused-ring (bicyclic) bond motifs is 2. The van der Waals surface area contributed by atoms with Crippen LogP contribution >= 0.6 is 22.9 Å². The van der Waals surface area contributed by atoms with E-state index in [9.17, 15) is 0 Å². The average molecular weight is 621 g/mol. The van der Waals surface area contributed by atoms with Crippen LogP contribution in [0.4, 0.5) is 23.3 Å². The Morgan fingerprint density at radius 1 is 0.628 bits per heavy atom. The van der Waals surface area contributed by atoms with Gasteiger partial charge in [-0.05, 0) is 48.0 Å². The predicted molar refractivity (Wildman–Crippen MR) is 166 cm³/mol. The van der Waals surface area contributed by atoms with Crippen LogP contribution in [0.15, 0.2) is 66.7 Å². The number of rotatable bonds is 5. The van der Waals surface area contributed by atoms with Crippen LogP contribution in [-0.2, 0) is 14.2 Å². The number of nitrogens with zero attached hydrogens (tertiary/aromatic N) is 4. The lowest BCUT2D eigenvalue weighted by atomic mass is 10.2. The van der Waals surface area contributed by atoms with E-state index < -0.39 is 0 Å². The van der Waals surface area contributed by atoms with Gasteiger partial charge >= 0.3 is 0 Å². The third-order valence-electron chi connectivity index (χ3n) is 6.22. The number of aromatic nitrogens is 4. The number of thiazole rings is 1. The van der Waals surface area contributed by atoms with Crippen molar-refractivity contribution in [2.24, 2.45) is 0 Å². The summed E-state index contributed by atoms with van der Waals surface area (Å²) >= 11 is 7.93. The molecule has 13 heteroatoms. The minimum atomic E-state index is 0.0346. The van der Waals surface area contributed by atoms with E-state index >= 15 is 0 Å². The number of hydrogen-bond acceptors (Lipinski definition) is 12. The van der Waals surface area contributed by atoms with E-state index in [0.717, 1.165) is 26.5 Å². The summed E-state index contributed by atoms with van der Waals surface area (Å²) < 4.78 is 29.6. The normalized spacial score (nSPS) is 14.9. The van der Waals surface area contributed by atoms with Gasteiger partial charge in [-0.15, -0.1) is 11.3 Å². The fraction of sp³-hybridized carbons (Fsp3) is 0.267. The van der Waals surface area contributed by atoms with E-state index in [1.807, 2.05) is 60.7 Å². The van der Waals surface area contributed by atoms with Crippen LogP contribution < -0.4 is 20.1 Å². The molecule has 2 aromatic heterocycles. The van der Waals surface area contributed by atoms with Crippen molar-refractivity contribution in [2.75, 3.05) is 63.5 Å².